The highest BCUT2D eigenvalue weighted by Crippen LogP contribution is 2.15. The average molecular weight is 845 g/mol. The van der Waals surface area contributed by atoms with Crippen LogP contribution in [0.4, 0.5) is 0 Å². The molecule has 0 fully saturated rings. The monoisotopic (exact) mass is 845 g/mol. The van der Waals surface area contributed by atoms with Gasteiger partial charge in [-0.05, 0) is 64.2 Å². The summed E-state index contributed by atoms with van der Waals surface area (Å²) in [4.78, 5) is 37.1. The van der Waals surface area contributed by atoms with Crippen LogP contribution in [0.15, 0.2) is 48.6 Å². The lowest BCUT2D eigenvalue weighted by molar-refractivity contribution is -0.887. The van der Waals surface area contributed by atoms with Crippen molar-refractivity contribution in [2.75, 3.05) is 41.0 Å². The summed E-state index contributed by atoms with van der Waals surface area (Å²) in [6.45, 7) is 4.61. The number of carbonyl (C=O) groups excluding carboxylic acids is 2. The van der Waals surface area contributed by atoms with E-state index in [1.807, 2.05) is 21.1 Å². The molecule has 0 rings (SSSR count). The molecule has 0 aliphatic rings. The topological polar surface area (TPSA) is 99.1 Å². The van der Waals surface area contributed by atoms with Crippen molar-refractivity contribution in [3.8, 4) is 0 Å². The SMILES string of the molecule is CC/C=C/C/C=C/CCCCCCCCCCCCCCCCC(=O)OCC(COCCC(C(=O)O)[N+](C)(C)C)OC(=O)CCCCCCCC/C=C/C=C/CCCCC. The number of carboxylic acid groups (broad SMARTS) is 1. The van der Waals surface area contributed by atoms with Gasteiger partial charge >= 0.3 is 17.9 Å². The van der Waals surface area contributed by atoms with Crippen molar-refractivity contribution in [3.05, 3.63) is 48.6 Å². The fourth-order valence-corrected chi connectivity index (χ4v) is 7.18. The first-order valence-electron chi connectivity index (χ1n) is 24.7. The molecule has 0 spiro atoms. The molecule has 0 aliphatic carbocycles. The number of aliphatic carboxylic acids is 1. The molecule has 0 aromatic carbocycles. The van der Waals surface area contributed by atoms with Gasteiger partial charge in [0.05, 0.1) is 34.4 Å². The second kappa shape index (κ2) is 43.0. The Labute approximate surface area is 369 Å². The molecule has 0 saturated carbocycles. The van der Waals surface area contributed by atoms with E-state index in [1.54, 1.807) is 0 Å². The van der Waals surface area contributed by atoms with Gasteiger partial charge in [-0.1, -0.05) is 178 Å². The van der Waals surface area contributed by atoms with Crippen LogP contribution in [0.1, 0.15) is 213 Å². The maximum absolute atomic E-state index is 12.8. The first kappa shape index (κ1) is 57.3. The third-order valence-corrected chi connectivity index (χ3v) is 11.0. The summed E-state index contributed by atoms with van der Waals surface area (Å²) in [6.07, 6.45) is 51.6. The predicted molar refractivity (Wildman–Crippen MR) is 252 cm³/mol. The molecule has 0 radical (unpaired) electrons. The van der Waals surface area contributed by atoms with Gasteiger partial charge in [0, 0.05) is 19.3 Å². The molecule has 0 heterocycles. The molecular weight excluding hydrogens is 751 g/mol. The molecule has 1 N–H and O–H groups in total. The Hall–Kier alpha value is -2.71. The highest BCUT2D eigenvalue weighted by Gasteiger charge is 2.31. The number of hydrogen-bond acceptors (Lipinski definition) is 6. The number of esters is 2. The van der Waals surface area contributed by atoms with Crippen LogP contribution in [-0.2, 0) is 28.6 Å². The summed E-state index contributed by atoms with van der Waals surface area (Å²) in [6, 6.07) is -0.617. The maximum atomic E-state index is 12.8. The van der Waals surface area contributed by atoms with Crippen LogP contribution in [0.5, 0.6) is 0 Å². The number of likely N-dealkylation sites (N-methyl/N-ethyl adjacent to an activating group) is 1. The Kier molecular flexibility index (Phi) is 41.0. The van der Waals surface area contributed by atoms with E-state index in [0.717, 1.165) is 70.6 Å². The lowest BCUT2D eigenvalue weighted by Gasteiger charge is -2.31. The molecule has 2 unspecified atom stereocenters. The molecule has 8 heteroatoms. The summed E-state index contributed by atoms with van der Waals surface area (Å²) in [5, 5.41) is 9.64. The maximum Gasteiger partial charge on any atom is 0.362 e. The number of carbonyl (C=O) groups is 3. The number of unbranched alkanes of at least 4 members (excludes halogenated alkanes) is 23. The van der Waals surface area contributed by atoms with Crippen molar-refractivity contribution in [1.29, 1.82) is 0 Å². The van der Waals surface area contributed by atoms with E-state index in [4.69, 9.17) is 14.2 Å². The van der Waals surface area contributed by atoms with Gasteiger partial charge in [0.25, 0.3) is 0 Å². The minimum atomic E-state index is -0.876. The van der Waals surface area contributed by atoms with Crippen LogP contribution < -0.4 is 0 Å². The highest BCUT2D eigenvalue weighted by molar-refractivity contribution is 5.72. The Morgan fingerprint density at radius 2 is 0.983 bits per heavy atom. The minimum Gasteiger partial charge on any atom is -0.477 e. The molecular formula is C52H94NO7+. The lowest BCUT2D eigenvalue weighted by atomic mass is 10.0. The zero-order valence-electron chi connectivity index (χ0n) is 39.7. The van der Waals surface area contributed by atoms with Crippen molar-refractivity contribution in [2.24, 2.45) is 0 Å². The van der Waals surface area contributed by atoms with Crippen molar-refractivity contribution >= 4 is 17.9 Å². The van der Waals surface area contributed by atoms with Gasteiger partial charge in [-0.2, -0.15) is 0 Å². The van der Waals surface area contributed by atoms with Gasteiger partial charge in [-0.25, -0.2) is 4.79 Å². The molecule has 0 saturated heterocycles. The molecule has 0 aromatic rings. The summed E-state index contributed by atoms with van der Waals surface area (Å²) in [5.74, 6) is -1.48. The van der Waals surface area contributed by atoms with Gasteiger partial charge in [0.1, 0.15) is 6.61 Å². The number of hydrogen-bond donors (Lipinski definition) is 1. The highest BCUT2D eigenvalue weighted by atomic mass is 16.6. The van der Waals surface area contributed by atoms with Crippen molar-refractivity contribution in [2.45, 2.75) is 225 Å². The minimum absolute atomic E-state index is 0.0552. The van der Waals surface area contributed by atoms with Gasteiger partial charge in [-0.3, -0.25) is 9.59 Å². The average Bonchev–Trinajstić information content (AvgIpc) is 3.21. The standard InChI is InChI=1S/C52H93NO7/c1-6-8-10-12-14-16-18-20-22-23-24-25-26-27-29-30-32-34-36-38-40-42-50(54)59-47-48(46-58-45-44-49(52(56)57)53(3,4)5)60-51(55)43-41-39-37-35-33-31-28-21-19-17-15-13-11-9-7-2/h8,10,14-17,19,21,48-49H,6-7,9,11-13,18,20,22-47H2,1-5H3/p+1/b10-8+,16-14+,17-15+,21-19+. The Morgan fingerprint density at radius 3 is 1.47 bits per heavy atom. The number of allylic oxidation sites excluding steroid dienone is 8. The van der Waals surface area contributed by atoms with E-state index in [2.05, 4.69) is 62.5 Å². The zero-order valence-corrected chi connectivity index (χ0v) is 39.7. The van der Waals surface area contributed by atoms with Crippen LogP contribution in [0.3, 0.4) is 0 Å². The lowest BCUT2D eigenvalue weighted by Crippen LogP contribution is -2.50. The molecule has 0 aliphatic heterocycles. The van der Waals surface area contributed by atoms with Crippen LogP contribution >= 0.6 is 0 Å². The summed E-state index contributed by atoms with van der Waals surface area (Å²) < 4.78 is 17.3. The summed E-state index contributed by atoms with van der Waals surface area (Å²) in [5.41, 5.74) is 0. The largest absolute Gasteiger partial charge is 0.477 e. The normalized spacial score (nSPS) is 13.3. The molecule has 60 heavy (non-hydrogen) atoms. The molecule has 2 atom stereocenters. The number of rotatable bonds is 44. The third kappa shape index (κ3) is 40.7. The van der Waals surface area contributed by atoms with Crippen LogP contribution in [-0.4, -0.2) is 80.6 Å². The Bertz CT molecular complexity index is 1120. The molecule has 0 amide bonds. The number of nitrogens with zero attached hydrogens (tertiary/aromatic N) is 1. The Balaban J connectivity index is 4.23. The second-order valence-corrected chi connectivity index (χ2v) is 17.7. The smallest absolute Gasteiger partial charge is 0.362 e. The molecule has 0 aromatic heterocycles. The summed E-state index contributed by atoms with van der Waals surface area (Å²) >= 11 is 0. The van der Waals surface area contributed by atoms with Gasteiger partial charge in [0.2, 0.25) is 0 Å². The third-order valence-electron chi connectivity index (χ3n) is 11.0. The molecule has 8 nitrogen and oxygen atoms in total. The van der Waals surface area contributed by atoms with Crippen molar-refractivity contribution in [1.82, 2.24) is 0 Å². The van der Waals surface area contributed by atoms with E-state index < -0.39 is 18.1 Å². The van der Waals surface area contributed by atoms with E-state index >= 15 is 0 Å². The molecule has 0 bridgehead atoms. The Morgan fingerprint density at radius 1 is 0.533 bits per heavy atom. The quantitative estimate of drug-likeness (QED) is 0.0214. The van der Waals surface area contributed by atoms with Gasteiger partial charge < -0.3 is 23.8 Å². The van der Waals surface area contributed by atoms with E-state index in [0.29, 0.717) is 19.3 Å². The second-order valence-electron chi connectivity index (χ2n) is 17.7. The van der Waals surface area contributed by atoms with Gasteiger partial charge in [0.15, 0.2) is 12.1 Å². The zero-order chi connectivity index (χ0) is 44.2. The van der Waals surface area contributed by atoms with Crippen LogP contribution in [0.25, 0.3) is 0 Å². The van der Waals surface area contributed by atoms with Crippen molar-refractivity contribution in [3.63, 3.8) is 0 Å². The fraction of sp³-hybridized carbons (Fsp3) is 0.788. The van der Waals surface area contributed by atoms with E-state index in [-0.39, 0.29) is 36.2 Å². The van der Waals surface area contributed by atoms with Crippen molar-refractivity contribution < 1.29 is 38.2 Å². The first-order chi connectivity index (χ1) is 29.1. The van der Waals surface area contributed by atoms with Crippen LogP contribution in [0.2, 0.25) is 0 Å². The van der Waals surface area contributed by atoms with Gasteiger partial charge in [-0.15, -0.1) is 0 Å². The number of carboxylic acids is 1. The number of quaternary nitrogens is 1. The van der Waals surface area contributed by atoms with Crippen LogP contribution in [0, 0.1) is 0 Å². The fourth-order valence-electron chi connectivity index (χ4n) is 7.18. The first-order valence-corrected chi connectivity index (χ1v) is 24.7. The summed E-state index contributed by atoms with van der Waals surface area (Å²) in [7, 11) is 5.53. The van der Waals surface area contributed by atoms with E-state index in [9.17, 15) is 19.5 Å². The van der Waals surface area contributed by atoms with E-state index in [1.165, 1.54) is 109 Å². The number of ether oxygens (including phenoxy) is 3. The predicted octanol–water partition coefficient (Wildman–Crippen LogP) is 14.0. The molecule has 348 valence electrons.